The molecule has 0 spiro atoms. The lowest BCUT2D eigenvalue weighted by molar-refractivity contribution is -0.142. The molecule has 0 saturated heterocycles. The van der Waals surface area contributed by atoms with Gasteiger partial charge in [0.2, 0.25) is 0 Å². The maximum atomic E-state index is 10.5. The number of carboxylic acid groups (broad SMARTS) is 2. The van der Waals surface area contributed by atoms with Crippen molar-refractivity contribution in [2.24, 2.45) is 5.92 Å². The maximum Gasteiger partial charge on any atom is 0.307 e. The molecule has 0 aliphatic heterocycles. The van der Waals surface area contributed by atoms with Gasteiger partial charge in [0, 0.05) is 6.42 Å². The van der Waals surface area contributed by atoms with Crippen molar-refractivity contribution in [3.63, 3.8) is 0 Å². The van der Waals surface area contributed by atoms with Gasteiger partial charge in [0.05, 0.1) is 11.7 Å². The largest absolute Gasteiger partial charge is 0.481 e. The standard InChI is InChI=1S/C7H12O7S/c8-6(9)3-1-2-5(7(10)11)4-15(12,13)14/h5H,1-4H2,(H,8,9)(H,10,11)(H,12,13,14)/t5-/m0/s1. The lowest BCUT2D eigenvalue weighted by atomic mass is 10.0. The Kier molecular flexibility index (Phi) is 5.23. The van der Waals surface area contributed by atoms with Crippen molar-refractivity contribution in [3.05, 3.63) is 0 Å². The molecule has 1 atom stereocenters. The average Bonchev–Trinajstić information content (AvgIpc) is 1.99. The summed E-state index contributed by atoms with van der Waals surface area (Å²) in [6.45, 7) is 0. The fourth-order valence-corrected chi connectivity index (χ4v) is 1.85. The van der Waals surface area contributed by atoms with Gasteiger partial charge in [-0.25, -0.2) is 0 Å². The van der Waals surface area contributed by atoms with Crippen molar-refractivity contribution in [2.45, 2.75) is 19.3 Å². The van der Waals surface area contributed by atoms with E-state index < -0.39 is 33.7 Å². The molecule has 0 aromatic heterocycles. The molecule has 0 unspecified atom stereocenters. The van der Waals surface area contributed by atoms with Crippen LogP contribution in [0.4, 0.5) is 0 Å². The van der Waals surface area contributed by atoms with Crippen molar-refractivity contribution < 1.29 is 32.8 Å². The molecule has 0 aliphatic carbocycles. The Hall–Kier alpha value is -1.15. The first-order chi connectivity index (χ1) is 6.72. The van der Waals surface area contributed by atoms with Gasteiger partial charge in [-0.3, -0.25) is 14.1 Å². The molecular formula is C7H12O7S. The monoisotopic (exact) mass is 240 g/mol. The van der Waals surface area contributed by atoms with Crippen molar-refractivity contribution in [1.82, 2.24) is 0 Å². The summed E-state index contributed by atoms with van der Waals surface area (Å²) in [5, 5.41) is 16.9. The van der Waals surface area contributed by atoms with Crippen molar-refractivity contribution >= 4 is 22.1 Å². The predicted octanol–water partition coefficient (Wildman–Crippen LogP) is -0.170. The predicted molar refractivity (Wildman–Crippen MR) is 49.0 cm³/mol. The Bertz CT molecular complexity index is 331. The van der Waals surface area contributed by atoms with Crippen LogP contribution in [-0.2, 0) is 19.7 Å². The van der Waals surface area contributed by atoms with E-state index in [0.717, 1.165) is 0 Å². The number of carboxylic acids is 2. The molecule has 0 saturated carbocycles. The Labute approximate surface area is 86.5 Å². The number of hydrogen-bond donors (Lipinski definition) is 3. The van der Waals surface area contributed by atoms with Crippen molar-refractivity contribution in [2.75, 3.05) is 5.75 Å². The molecule has 0 aliphatic rings. The molecule has 7 nitrogen and oxygen atoms in total. The van der Waals surface area contributed by atoms with E-state index in [1.807, 2.05) is 0 Å². The highest BCUT2D eigenvalue weighted by atomic mass is 32.2. The van der Waals surface area contributed by atoms with Gasteiger partial charge in [0.25, 0.3) is 10.1 Å². The quantitative estimate of drug-likeness (QED) is 0.527. The molecule has 0 heterocycles. The van der Waals surface area contributed by atoms with Crippen LogP contribution in [0.15, 0.2) is 0 Å². The second-order valence-corrected chi connectivity index (χ2v) is 4.57. The second-order valence-electron chi connectivity index (χ2n) is 3.07. The zero-order valence-electron chi connectivity index (χ0n) is 7.79. The van der Waals surface area contributed by atoms with Gasteiger partial charge in [-0.15, -0.1) is 0 Å². The summed E-state index contributed by atoms with van der Waals surface area (Å²) in [6, 6.07) is 0. The van der Waals surface area contributed by atoms with Crippen molar-refractivity contribution in [1.29, 1.82) is 0 Å². The van der Waals surface area contributed by atoms with Crippen LogP contribution in [0, 0.1) is 5.92 Å². The number of carbonyl (C=O) groups is 2. The summed E-state index contributed by atoms with van der Waals surface area (Å²) in [4.78, 5) is 20.7. The minimum atomic E-state index is -4.35. The highest BCUT2D eigenvalue weighted by molar-refractivity contribution is 7.85. The first-order valence-corrected chi connectivity index (χ1v) is 5.73. The van der Waals surface area contributed by atoms with E-state index >= 15 is 0 Å². The molecule has 8 heteroatoms. The SMILES string of the molecule is O=C(O)CCC[C@@H](CS(=O)(=O)O)C(=O)O. The summed E-state index contributed by atoms with van der Waals surface area (Å²) in [5.41, 5.74) is 0. The molecule has 0 radical (unpaired) electrons. The maximum absolute atomic E-state index is 10.5. The van der Waals surface area contributed by atoms with E-state index in [2.05, 4.69) is 0 Å². The van der Waals surface area contributed by atoms with Gasteiger partial charge in [-0.05, 0) is 12.8 Å². The lowest BCUT2D eigenvalue weighted by Crippen LogP contribution is -2.23. The Balaban J connectivity index is 4.18. The Morgan fingerprint density at radius 1 is 1.20 bits per heavy atom. The highest BCUT2D eigenvalue weighted by Crippen LogP contribution is 2.11. The molecule has 0 fully saturated rings. The van der Waals surface area contributed by atoms with Crippen LogP contribution in [0.5, 0.6) is 0 Å². The van der Waals surface area contributed by atoms with Gasteiger partial charge < -0.3 is 10.2 Å². The number of rotatable bonds is 7. The summed E-state index contributed by atoms with van der Waals surface area (Å²) in [5.74, 6) is -4.59. The van der Waals surface area contributed by atoms with Gasteiger partial charge >= 0.3 is 11.9 Å². The van der Waals surface area contributed by atoms with E-state index in [4.69, 9.17) is 14.8 Å². The third-order valence-electron chi connectivity index (χ3n) is 1.70. The molecular weight excluding hydrogens is 228 g/mol. The van der Waals surface area contributed by atoms with Crippen LogP contribution in [0.25, 0.3) is 0 Å². The minimum Gasteiger partial charge on any atom is -0.481 e. The number of aliphatic carboxylic acids is 2. The van der Waals surface area contributed by atoms with E-state index in [9.17, 15) is 18.0 Å². The Morgan fingerprint density at radius 3 is 2.07 bits per heavy atom. The van der Waals surface area contributed by atoms with Gasteiger partial charge in [0.15, 0.2) is 0 Å². The third kappa shape index (κ3) is 7.89. The highest BCUT2D eigenvalue weighted by Gasteiger charge is 2.23. The fourth-order valence-electron chi connectivity index (χ4n) is 1.03. The van der Waals surface area contributed by atoms with Crippen LogP contribution in [-0.4, -0.2) is 40.9 Å². The van der Waals surface area contributed by atoms with E-state index in [-0.39, 0.29) is 19.3 Å². The topological polar surface area (TPSA) is 129 Å². The summed E-state index contributed by atoms with van der Waals surface area (Å²) >= 11 is 0. The fraction of sp³-hybridized carbons (Fsp3) is 0.714. The second kappa shape index (κ2) is 5.66. The van der Waals surface area contributed by atoms with Crippen LogP contribution >= 0.6 is 0 Å². The summed E-state index contributed by atoms with van der Waals surface area (Å²) in [6.07, 6.45) is -0.265. The third-order valence-corrected chi connectivity index (χ3v) is 2.53. The van der Waals surface area contributed by atoms with Crippen LogP contribution in [0.2, 0.25) is 0 Å². The number of hydrogen-bond acceptors (Lipinski definition) is 4. The summed E-state index contributed by atoms with van der Waals surface area (Å²) in [7, 11) is -4.35. The minimum absolute atomic E-state index is 0.0574. The molecule has 0 aromatic rings. The summed E-state index contributed by atoms with van der Waals surface area (Å²) < 4.78 is 29.3. The molecule has 0 bridgehead atoms. The average molecular weight is 240 g/mol. The zero-order chi connectivity index (χ0) is 12.1. The normalized spacial score (nSPS) is 13.4. The van der Waals surface area contributed by atoms with Gasteiger partial charge in [0.1, 0.15) is 0 Å². The van der Waals surface area contributed by atoms with E-state index in [1.54, 1.807) is 0 Å². The molecule has 0 aromatic carbocycles. The molecule has 0 amide bonds. The first-order valence-electron chi connectivity index (χ1n) is 4.12. The Morgan fingerprint density at radius 2 is 1.73 bits per heavy atom. The van der Waals surface area contributed by atoms with Crippen LogP contribution in [0.3, 0.4) is 0 Å². The first kappa shape index (κ1) is 13.8. The van der Waals surface area contributed by atoms with Crippen LogP contribution < -0.4 is 0 Å². The van der Waals surface area contributed by atoms with Gasteiger partial charge in [-0.2, -0.15) is 8.42 Å². The van der Waals surface area contributed by atoms with E-state index in [0.29, 0.717) is 0 Å². The van der Waals surface area contributed by atoms with Crippen LogP contribution in [0.1, 0.15) is 19.3 Å². The van der Waals surface area contributed by atoms with Crippen molar-refractivity contribution in [3.8, 4) is 0 Å². The molecule has 15 heavy (non-hydrogen) atoms. The molecule has 0 rings (SSSR count). The van der Waals surface area contributed by atoms with E-state index in [1.165, 1.54) is 0 Å². The molecule has 3 N–H and O–H groups in total. The van der Waals surface area contributed by atoms with Gasteiger partial charge in [-0.1, -0.05) is 0 Å². The zero-order valence-corrected chi connectivity index (χ0v) is 8.61. The smallest absolute Gasteiger partial charge is 0.307 e. The molecule has 88 valence electrons. The lowest BCUT2D eigenvalue weighted by Gasteiger charge is -2.08.